The van der Waals surface area contributed by atoms with Gasteiger partial charge in [-0.15, -0.1) is 5.10 Å². The Morgan fingerprint density at radius 1 is 1.38 bits per heavy atom. The molecule has 0 radical (unpaired) electrons. The van der Waals surface area contributed by atoms with Crippen molar-refractivity contribution in [1.29, 1.82) is 0 Å². The molecule has 3 heterocycles. The molecule has 0 unspecified atom stereocenters. The van der Waals surface area contributed by atoms with Crippen LogP contribution in [0.1, 0.15) is 24.3 Å². The van der Waals surface area contributed by atoms with Crippen LogP contribution in [0.4, 0.5) is 0 Å². The molecule has 3 rings (SSSR count). The van der Waals surface area contributed by atoms with Crippen LogP contribution in [0.2, 0.25) is 0 Å². The van der Waals surface area contributed by atoms with Crippen molar-refractivity contribution in [2.75, 3.05) is 0 Å². The number of aromatic nitrogens is 5. The first-order valence-corrected chi connectivity index (χ1v) is 7.65. The summed E-state index contributed by atoms with van der Waals surface area (Å²) in [6, 6.07) is 5.15. The minimum absolute atomic E-state index is 0.0993. The molecule has 0 saturated carbocycles. The highest BCUT2D eigenvalue weighted by Gasteiger charge is 2.21. The van der Waals surface area contributed by atoms with Crippen LogP contribution in [0.3, 0.4) is 0 Å². The predicted molar refractivity (Wildman–Crippen MR) is 85.8 cm³/mol. The predicted octanol–water partition coefficient (Wildman–Crippen LogP) is 1.78. The third kappa shape index (κ3) is 3.65. The molecule has 0 aliphatic heterocycles. The number of amides is 1. The second-order valence-electron chi connectivity index (χ2n) is 5.77. The van der Waals surface area contributed by atoms with Crippen LogP contribution >= 0.6 is 0 Å². The van der Waals surface area contributed by atoms with Gasteiger partial charge in [0.15, 0.2) is 11.5 Å². The summed E-state index contributed by atoms with van der Waals surface area (Å²) in [6.07, 6.45) is 6.70. The first-order valence-electron chi connectivity index (χ1n) is 7.65. The molecule has 24 heavy (non-hydrogen) atoms. The normalized spacial score (nSPS) is 12.3. The maximum Gasteiger partial charge on any atom is 0.273 e. The summed E-state index contributed by atoms with van der Waals surface area (Å²) < 4.78 is 6.93. The van der Waals surface area contributed by atoms with E-state index in [0.717, 1.165) is 5.56 Å². The lowest BCUT2D eigenvalue weighted by Gasteiger charge is -2.21. The molecule has 0 aromatic carbocycles. The van der Waals surface area contributed by atoms with Crippen LogP contribution in [0.15, 0.2) is 47.5 Å². The van der Waals surface area contributed by atoms with E-state index < -0.39 is 0 Å². The Bertz CT molecular complexity index is 782. The number of nitrogens with zero attached hydrogens (tertiary/aromatic N) is 5. The molecule has 3 aromatic rings. The maximum atomic E-state index is 12.4. The Morgan fingerprint density at radius 2 is 2.25 bits per heavy atom. The van der Waals surface area contributed by atoms with Gasteiger partial charge in [0.05, 0.1) is 18.8 Å². The van der Waals surface area contributed by atoms with Crippen molar-refractivity contribution in [2.24, 2.45) is 5.92 Å². The first kappa shape index (κ1) is 15.9. The zero-order chi connectivity index (χ0) is 16.9. The van der Waals surface area contributed by atoms with Crippen molar-refractivity contribution in [3.05, 3.63) is 48.7 Å². The molecule has 0 bridgehead atoms. The van der Waals surface area contributed by atoms with Crippen molar-refractivity contribution in [1.82, 2.24) is 30.5 Å². The average molecular weight is 326 g/mol. The van der Waals surface area contributed by atoms with E-state index >= 15 is 0 Å². The van der Waals surface area contributed by atoms with E-state index in [4.69, 9.17) is 4.52 Å². The zero-order valence-electron chi connectivity index (χ0n) is 13.5. The molecule has 8 heteroatoms. The molecule has 0 aliphatic rings. The number of rotatable bonds is 6. The third-order valence-electron chi connectivity index (χ3n) is 3.67. The molecule has 124 valence electrons. The van der Waals surface area contributed by atoms with E-state index in [2.05, 4.69) is 25.8 Å². The summed E-state index contributed by atoms with van der Waals surface area (Å²) in [5.74, 6) is 0.446. The number of nitrogens with one attached hydrogen (secondary N) is 1. The lowest BCUT2D eigenvalue weighted by molar-refractivity contribution is 0.0910. The topological polar surface area (TPSA) is 98.7 Å². The Labute approximate surface area is 138 Å². The molecule has 1 atom stereocenters. The molecule has 3 aromatic heterocycles. The molecule has 0 saturated heterocycles. The van der Waals surface area contributed by atoms with E-state index in [1.807, 2.05) is 19.9 Å². The van der Waals surface area contributed by atoms with Crippen molar-refractivity contribution >= 4 is 5.91 Å². The van der Waals surface area contributed by atoms with Gasteiger partial charge in [-0.3, -0.25) is 14.5 Å². The van der Waals surface area contributed by atoms with Crippen LogP contribution < -0.4 is 5.32 Å². The van der Waals surface area contributed by atoms with E-state index in [0.29, 0.717) is 12.3 Å². The molecule has 0 fully saturated rings. The fourth-order valence-electron chi connectivity index (χ4n) is 2.22. The van der Waals surface area contributed by atoms with Gasteiger partial charge in [0.2, 0.25) is 0 Å². The second kappa shape index (κ2) is 7.03. The van der Waals surface area contributed by atoms with Gasteiger partial charge < -0.3 is 9.84 Å². The Morgan fingerprint density at radius 3 is 2.92 bits per heavy atom. The van der Waals surface area contributed by atoms with E-state index in [9.17, 15) is 4.79 Å². The number of carbonyl (C=O) groups is 1. The van der Waals surface area contributed by atoms with Gasteiger partial charge in [0.25, 0.3) is 5.91 Å². The fraction of sp³-hybridized carbons (Fsp3) is 0.312. The van der Waals surface area contributed by atoms with Gasteiger partial charge in [-0.1, -0.05) is 24.2 Å². The number of pyridine rings is 1. The highest BCUT2D eigenvalue weighted by Crippen LogP contribution is 2.19. The van der Waals surface area contributed by atoms with Gasteiger partial charge in [-0.2, -0.15) is 0 Å². The largest absolute Gasteiger partial charge is 0.355 e. The maximum absolute atomic E-state index is 12.4. The summed E-state index contributed by atoms with van der Waals surface area (Å²) in [4.78, 5) is 16.5. The molecule has 1 amide bonds. The summed E-state index contributed by atoms with van der Waals surface area (Å²) in [7, 11) is 0. The lowest BCUT2D eigenvalue weighted by Crippen LogP contribution is -2.41. The SMILES string of the molecule is CC(C)[C@@H](Cn1ccnn1)NC(=O)c1cc(-c2cccnc2)on1. The zero-order valence-corrected chi connectivity index (χ0v) is 13.5. The van der Waals surface area contributed by atoms with Gasteiger partial charge >= 0.3 is 0 Å². The summed E-state index contributed by atoms with van der Waals surface area (Å²) in [5, 5.41) is 14.5. The molecule has 1 N–H and O–H groups in total. The Balaban J connectivity index is 1.70. The lowest BCUT2D eigenvalue weighted by atomic mass is 10.0. The number of hydrogen-bond acceptors (Lipinski definition) is 6. The summed E-state index contributed by atoms with van der Waals surface area (Å²) >= 11 is 0. The number of hydrogen-bond donors (Lipinski definition) is 1. The monoisotopic (exact) mass is 326 g/mol. The standard InChI is InChI=1S/C16H18N6O2/c1-11(2)14(10-22-7-6-18-21-22)19-16(23)13-8-15(24-20-13)12-4-3-5-17-9-12/h3-9,11,14H,10H2,1-2H3,(H,19,23)/t14-/m1/s1. The van der Waals surface area contributed by atoms with Crippen LogP contribution in [0, 0.1) is 5.92 Å². The van der Waals surface area contributed by atoms with Crippen molar-refractivity contribution in [3.8, 4) is 11.3 Å². The minimum atomic E-state index is -0.285. The molecule has 8 nitrogen and oxygen atoms in total. The van der Waals surface area contributed by atoms with Gasteiger partial charge in [0, 0.05) is 30.2 Å². The average Bonchev–Trinajstić information content (AvgIpc) is 3.26. The Hall–Kier alpha value is -3.03. The van der Waals surface area contributed by atoms with E-state index in [-0.39, 0.29) is 23.6 Å². The van der Waals surface area contributed by atoms with Crippen LogP contribution in [0.25, 0.3) is 11.3 Å². The minimum Gasteiger partial charge on any atom is -0.355 e. The van der Waals surface area contributed by atoms with E-state index in [1.54, 1.807) is 41.6 Å². The van der Waals surface area contributed by atoms with E-state index in [1.165, 1.54) is 0 Å². The van der Waals surface area contributed by atoms with Crippen LogP contribution in [-0.4, -0.2) is 37.1 Å². The second-order valence-corrected chi connectivity index (χ2v) is 5.77. The molecular weight excluding hydrogens is 308 g/mol. The van der Waals surface area contributed by atoms with Crippen LogP contribution in [-0.2, 0) is 6.54 Å². The van der Waals surface area contributed by atoms with Gasteiger partial charge in [0.1, 0.15) is 0 Å². The summed E-state index contributed by atoms with van der Waals surface area (Å²) in [5.41, 5.74) is 1.00. The quantitative estimate of drug-likeness (QED) is 0.741. The van der Waals surface area contributed by atoms with Gasteiger partial charge in [-0.25, -0.2) is 0 Å². The Kier molecular flexibility index (Phi) is 4.64. The fourth-order valence-corrected chi connectivity index (χ4v) is 2.22. The van der Waals surface area contributed by atoms with Crippen molar-refractivity contribution in [2.45, 2.75) is 26.4 Å². The summed E-state index contributed by atoms with van der Waals surface area (Å²) in [6.45, 7) is 4.61. The molecular formula is C16H18N6O2. The first-order chi connectivity index (χ1) is 11.6. The third-order valence-corrected chi connectivity index (χ3v) is 3.67. The highest BCUT2D eigenvalue weighted by molar-refractivity contribution is 5.93. The van der Waals surface area contributed by atoms with Crippen molar-refractivity contribution in [3.63, 3.8) is 0 Å². The molecule has 0 spiro atoms. The molecule has 0 aliphatic carbocycles. The van der Waals surface area contributed by atoms with Gasteiger partial charge in [-0.05, 0) is 18.1 Å². The van der Waals surface area contributed by atoms with Crippen molar-refractivity contribution < 1.29 is 9.32 Å². The highest BCUT2D eigenvalue weighted by atomic mass is 16.5. The van der Waals surface area contributed by atoms with Crippen LogP contribution in [0.5, 0.6) is 0 Å². The number of carbonyl (C=O) groups excluding carboxylic acids is 1. The smallest absolute Gasteiger partial charge is 0.273 e.